The van der Waals surface area contributed by atoms with E-state index in [1.165, 1.54) is 65.9 Å². The Hall–Kier alpha value is -8.14. The van der Waals surface area contributed by atoms with Crippen molar-refractivity contribution in [3.63, 3.8) is 0 Å². The average Bonchev–Trinajstić information content (AvgIpc) is 4.02. The van der Waals surface area contributed by atoms with E-state index >= 15 is 0 Å². The highest BCUT2D eigenvalue weighted by molar-refractivity contribution is 6.09. The molecular weight excluding hydrogens is 765 g/mol. The van der Waals surface area contributed by atoms with Gasteiger partial charge in [-0.15, -0.1) is 0 Å². The fourth-order valence-electron chi connectivity index (χ4n) is 10.3. The lowest BCUT2D eigenvalue weighted by Crippen LogP contribution is -2.14. The molecule has 1 unspecified atom stereocenters. The van der Waals surface area contributed by atoms with Gasteiger partial charge in [0.05, 0.1) is 16.6 Å². The van der Waals surface area contributed by atoms with Crippen molar-refractivity contribution in [3.05, 3.63) is 235 Å². The summed E-state index contributed by atoms with van der Waals surface area (Å²) in [6, 6.07) is 79.1. The van der Waals surface area contributed by atoms with Crippen molar-refractivity contribution in [2.75, 3.05) is 4.90 Å². The van der Waals surface area contributed by atoms with Crippen molar-refractivity contribution in [3.8, 4) is 33.4 Å². The molecule has 12 aromatic rings. The SMILES string of the molecule is C1=c2c3ccccc3n3c2c(c2ccccc23)CC1c1ccc(N(c2ccc(-c3ccc(-c4ccccc4)cc3)cc2)c2ccc(-c3cccc4c3oc3ccccc34)cc2)cc1. The molecule has 0 spiro atoms. The molecule has 0 saturated carbocycles. The second-order valence-corrected chi connectivity index (χ2v) is 16.8. The van der Waals surface area contributed by atoms with Crippen molar-refractivity contribution < 1.29 is 4.42 Å². The normalized spacial score (nSPS) is 13.6. The van der Waals surface area contributed by atoms with E-state index in [1.807, 2.05) is 12.1 Å². The fourth-order valence-corrected chi connectivity index (χ4v) is 10.3. The molecule has 63 heavy (non-hydrogen) atoms. The van der Waals surface area contributed by atoms with E-state index in [1.54, 1.807) is 0 Å². The minimum Gasteiger partial charge on any atom is -0.455 e. The first kappa shape index (κ1) is 35.6. The molecule has 3 heteroatoms. The summed E-state index contributed by atoms with van der Waals surface area (Å²) in [5.74, 6) is 0.258. The van der Waals surface area contributed by atoms with E-state index in [0.29, 0.717) is 0 Å². The topological polar surface area (TPSA) is 20.8 Å². The first-order valence-electron chi connectivity index (χ1n) is 21.8. The Morgan fingerprint density at radius 3 is 1.60 bits per heavy atom. The summed E-state index contributed by atoms with van der Waals surface area (Å²) in [7, 11) is 0. The molecule has 1 aliphatic rings. The minimum atomic E-state index is 0.258. The monoisotopic (exact) mass is 804 g/mol. The number of aromatic nitrogens is 1. The zero-order valence-electron chi connectivity index (χ0n) is 34.4. The molecule has 0 radical (unpaired) electrons. The van der Waals surface area contributed by atoms with Crippen LogP contribution in [0.15, 0.2) is 223 Å². The first-order valence-corrected chi connectivity index (χ1v) is 21.8. The van der Waals surface area contributed by atoms with Crippen molar-refractivity contribution in [1.29, 1.82) is 0 Å². The van der Waals surface area contributed by atoms with Crippen LogP contribution in [-0.2, 0) is 6.42 Å². The molecule has 3 heterocycles. The number of para-hydroxylation sites is 4. The maximum absolute atomic E-state index is 6.45. The Balaban J connectivity index is 0.881. The molecule has 3 aromatic heterocycles. The molecular formula is C60H40N2O. The van der Waals surface area contributed by atoms with Gasteiger partial charge in [-0.1, -0.05) is 170 Å². The summed E-state index contributed by atoms with van der Waals surface area (Å²) in [6.07, 6.45) is 3.49. The summed E-state index contributed by atoms with van der Waals surface area (Å²) in [5.41, 5.74) is 18.9. The number of anilines is 3. The van der Waals surface area contributed by atoms with E-state index in [4.69, 9.17) is 4.42 Å². The molecule has 9 aromatic carbocycles. The molecule has 1 atom stereocenters. The van der Waals surface area contributed by atoms with Gasteiger partial charge in [0, 0.05) is 55.3 Å². The maximum atomic E-state index is 6.45. The van der Waals surface area contributed by atoms with Crippen LogP contribution >= 0.6 is 0 Å². The number of hydrogen-bond acceptors (Lipinski definition) is 2. The highest BCUT2D eigenvalue weighted by Crippen LogP contribution is 2.42. The number of fused-ring (bicyclic) bond motifs is 9. The van der Waals surface area contributed by atoms with Crippen LogP contribution < -0.4 is 10.1 Å². The molecule has 1 aliphatic carbocycles. The summed E-state index contributed by atoms with van der Waals surface area (Å²) >= 11 is 0. The molecule has 0 N–H and O–H groups in total. The Kier molecular flexibility index (Phi) is 8.04. The van der Waals surface area contributed by atoms with Gasteiger partial charge >= 0.3 is 0 Å². The third-order valence-electron chi connectivity index (χ3n) is 13.3. The van der Waals surface area contributed by atoms with Gasteiger partial charge in [0.25, 0.3) is 0 Å². The van der Waals surface area contributed by atoms with Gasteiger partial charge in [-0.05, 0) is 100.0 Å². The predicted molar refractivity (Wildman–Crippen MR) is 263 cm³/mol. The van der Waals surface area contributed by atoms with E-state index < -0.39 is 0 Å². The highest BCUT2D eigenvalue weighted by Gasteiger charge is 2.25. The quantitative estimate of drug-likeness (QED) is 0.160. The van der Waals surface area contributed by atoms with Crippen molar-refractivity contribution in [2.45, 2.75) is 12.3 Å². The van der Waals surface area contributed by atoms with Gasteiger partial charge in [0.15, 0.2) is 0 Å². The molecule has 3 nitrogen and oxygen atoms in total. The fraction of sp³-hybridized carbons (Fsp3) is 0.0333. The van der Waals surface area contributed by atoms with E-state index in [0.717, 1.165) is 56.5 Å². The lowest BCUT2D eigenvalue weighted by Gasteiger charge is -2.27. The molecule has 0 saturated heterocycles. The van der Waals surface area contributed by atoms with Gasteiger partial charge in [-0.2, -0.15) is 0 Å². The summed E-state index contributed by atoms with van der Waals surface area (Å²) in [6.45, 7) is 0. The molecule has 0 amide bonds. The Labute approximate surface area is 365 Å². The highest BCUT2D eigenvalue weighted by atomic mass is 16.3. The zero-order chi connectivity index (χ0) is 41.4. The number of hydrogen-bond donors (Lipinski definition) is 0. The Morgan fingerprint density at radius 1 is 0.413 bits per heavy atom. The number of nitrogens with zero attached hydrogens (tertiary/aromatic N) is 2. The van der Waals surface area contributed by atoms with Gasteiger partial charge in [-0.3, -0.25) is 0 Å². The lowest BCUT2D eigenvalue weighted by molar-refractivity contribution is 0.670. The summed E-state index contributed by atoms with van der Waals surface area (Å²) in [4.78, 5) is 2.37. The van der Waals surface area contributed by atoms with Gasteiger partial charge in [-0.25, -0.2) is 0 Å². The van der Waals surface area contributed by atoms with E-state index in [2.05, 4.69) is 222 Å². The van der Waals surface area contributed by atoms with Gasteiger partial charge in [0.2, 0.25) is 0 Å². The molecule has 296 valence electrons. The zero-order valence-corrected chi connectivity index (χ0v) is 34.4. The van der Waals surface area contributed by atoms with E-state index in [-0.39, 0.29) is 5.92 Å². The van der Waals surface area contributed by atoms with Crippen LogP contribution in [0.25, 0.3) is 88.7 Å². The number of benzene rings is 9. The number of furan rings is 1. The maximum Gasteiger partial charge on any atom is 0.143 e. The average molecular weight is 805 g/mol. The Morgan fingerprint density at radius 2 is 0.921 bits per heavy atom. The van der Waals surface area contributed by atoms with Crippen LogP contribution in [0.4, 0.5) is 17.1 Å². The Bertz CT molecular complexity index is 3730. The molecule has 0 fully saturated rings. The lowest BCUT2D eigenvalue weighted by atomic mass is 9.86. The summed E-state index contributed by atoms with van der Waals surface area (Å²) in [5, 5.41) is 6.31. The van der Waals surface area contributed by atoms with Crippen LogP contribution in [-0.4, -0.2) is 4.40 Å². The molecule has 0 aliphatic heterocycles. The second-order valence-electron chi connectivity index (χ2n) is 16.8. The third-order valence-corrected chi connectivity index (χ3v) is 13.3. The van der Waals surface area contributed by atoms with Crippen molar-refractivity contribution in [2.24, 2.45) is 0 Å². The third kappa shape index (κ3) is 5.74. The van der Waals surface area contributed by atoms with Gasteiger partial charge in [0.1, 0.15) is 11.2 Å². The second kappa shape index (κ2) is 14.2. The van der Waals surface area contributed by atoms with Gasteiger partial charge < -0.3 is 13.7 Å². The van der Waals surface area contributed by atoms with Crippen molar-refractivity contribution in [1.82, 2.24) is 4.40 Å². The smallest absolute Gasteiger partial charge is 0.143 e. The van der Waals surface area contributed by atoms with Crippen LogP contribution in [0, 0.1) is 0 Å². The van der Waals surface area contributed by atoms with Crippen LogP contribution in [0.3, 0.4) is 0 Å². The molecule has 13 rings (SSSR count). The minimum absolute atomic E-state index is 0.258. The van der Waals surface area contributed by atoms with Crippen LogP contribution in [0.5, 0.6) is 0 Å². The number of rotatable bonds is 7. The molecule has 0 bridgehead atoms. The standard InChI is InChI=1S/C60H40N2O/c1-2-11-39(12-3-1)40-21-23-41(24-22-40)42-25-31-46(32-26-42)61(48-35-29-44(30-36-48)49-16-10-17-53-52-15-6-9-20-58(52)63-60(49)53)47-33-27-43(28-34-47)45-37-54-50-13-4-7-18-56(50)62-57-19-8-5-14-51(57)55(38-45)59(54)62/h1-37,45H,38H2. The van der Waals surface area contributed by atoms with Crippen LogP contribution in [0.1, 0.15) is 17.0 Å². The predicted octanol–water partition coefficient (Wildman–Crippen LogP) is 15.5. The van der Waals surface area contributed by atoms with Crippen molar-refractivity contribution >= 4 is 72.4 Å². The largest absolute Gasteiger partial charge is 0.455 e. The van der Waals surface area contributed by atoms with E-state index in [9.17, 15) is 0 Å². The van der Waals surface area contributed by atoms with Crippen LogP contribution in [0.2, 0.25) is 0 Å². The summed E-state index contributed by atoms with van der Waals surface area (Å²) < 4.78 is 8.93. The first-order chi connectivity index (χ1) is 31.2.